The molecule has 0 bridgehead atoms. The van der Waals surface area contributed by atoms with Gasteiger partial charge in [-0.15, -0.1) is 0 Å². The Balaban J connectivity index is 1.64. The number of non-ortho nitro benzene ring substituents is 1. The zero-order valence-electron chi connectivity index (χ0n) is 13.4. The Morgan fingerprint density at radius 2 is 2.00 bits per heavy atom. The number of fused-ring (bicyclic) bond motifs is 1. The lowest BCUT2D eigenvalue weighted by Crippen LogP contribution is -2.06. The molecule has 0 amide bonds. The first-order valence-electron chi connectivity index (χ1n) is 7.66. The number of imidazole rings is 1. The van der Waals surface area contributed by atoms with Gasteiger partial charge in [0.25, 0.3) is 5.69 Å². The Morgan fingerprint density at radius 1 is 1.16 bits per heavy atom. The van der Waals surface area contributed by atoms with Crippen molar-refractivity contribution in [2.75, 3.05) is 0 Å². The maximum absolute atomic E-state index is 10.9. The lowest BCUT2D eigenvalue weighted by molar-refractivity contribution is -0.384. The lowest BCUT2D eigenvalue weighted by Gasteiger charge is -2.02. The highest BCUT2D eigenvalue weighted by molar-refractivity contribution is 5.75. The lowest BCUT2D eigenvalue weighted by atomic mass is 10.2. The van der Waals surface area contributed by atoms with Gasteiger partial charge < -0.3 is 4.57 Å². The van der Waals surface area contributed by atoms with Crippen molar-refractivity contribution in [2.45, 2.75) is 6.54 Å². The van der Waals surface area contributed by atoms with Gasteiger partial charge in [-0.3, -0.25) is 10.1 Å². The number of aryl methyl sites for hydroxylation is 1. The average Bonchev–Trinajstić information content (AvgIpc) is 3.21. The molecule has 2 heterocycles. The smallest absolute Gasteiger partial charge is 0.270 e. The Labute approximate surface area is 142 Å². The highest BCUT2D eigenvalue weighted by Gasteiger charge is 2.12. The van der Waals surface area contributed by atoms with Crippen LogP contribution in [0.4, 0.5) is 5.69 Å². The van der Waals surface area contributed by atoms with Crippen LogP contribution < -0.4 is 0 Å². The molecule has 0 N–H and O–H groups in total. The maximum atomic E-state index is 10.9. The van der Waals surface area contributed by atoms with E-state index in [9.17, 15) is 10.1 Å². The van der Waals surface area contributed by atoms with Crippen molar-refractivity contribution in [2.24, 2.45) is 7.05 Å². The number of nitrogens with zero attached hydrogens (tertiary/aromatic N) is 6. The summed E-state index contributed by atoms with van der Waals surface area (Å²) in [5.74, 6) is 1.30. The van der Waals surface area contributed by atoms with Crippen LogP contribution in [0.25, 0.3) is 22.4 Å². The molecule has 0 unspecified atom stereocenters. The third-order valence-electron chi connectivity index (χ3n) is 4.03. The second-order valence-electron chi connectivity index (χ2n) is 5.65. The van der Waals surface area contributed by atoms with Gasteiger partial charge >= 0.3 is 0 Å². The Kier molecular flexibility index (Phi) is 3.50. The number of hydrogen-bond acceptors (Lipinski definition) is 5. The summed E-state index contributed by atoms with van der Waals surface area (Å²) in [5.41, 5.74) is 2.61. The third kappa shape index (κ3) is 2.74. The summed E-state index contributed by atoms with van der Waals surface area (Å²) in [7, 11) is 1.96. The van der Waals surface area contributed by atoms with Crippen LogP contribution in [-0.4, -0.2) is 29.2 Å². The van der Waals surface area contributed by atoms with Gasteiger partial charge in [0.1, 0.15) is 18.7 Å². The number of rotatable bonds is 4. The predicted octanol–water partition coefficient (Wildman–Crippen LogP) is 2.79. The predicted molar refractivity (Wildman–Crippen MR) is 91.9 cm³/mol. The van der Waals surface area contributed by atoms with Gasteiger partial charge in [0.2, 0.25) is 0 Å². The van der Waals surface area contributed by atoms with Crippen molar-refractivity contribution in [1.82, 2.24) is 24.3 Å². The number of para-hydroxylation sites is 2. The van der Waals surface area contributed by atoms with Crippen molar-refractivity contribution < 1.29 is 4.92 Å². The number of benzene rings is 2. The number of nitro benzene ring substituents is 1. The van der Waals surface area contributed by atoms with Crippen molar-refractivity contribution >= 4 is 16.7 Å². The van der Waals surface area contributed by atoms with E-state index in [0.717, 1.165) is 16.9 Å². The fourth-order valence-electron chi connectivity index (χ4n) is 2.74. The van der Waals surface area contributed by atoms with Crippen LogP contribution in [0, 0.1) is 10.1 Å². The fourth-order valence-corrected chi connectivity index (χ4v) is 2.74. The molecule has 8 nitrogen and oxygen atoms in total. The number of aromatic nitrogens is 5. The largest absolute Gasteiger partial charge is 0.330 e. The van der Waals surface area contributed by atoms with Gasteiger partial charge in [0.05, 0.1) is 16.0 Å². The molecule has 4 rings (SSSR count). The SMILES string of the molecule is Cn1c(Cn2cnc(-c3cccc([N+](=O)[O-])c3)n2)nc2ccccc21. The van der Waals surface area contributed by atoms with Crippen LogP contribution >= 0.6 is 0 Å². The summed E-state index contributed by atoms with van der Waals surface area (Å²) < 4.78 is 3.69. The fraction of sp³-hybridized carbons (Fsp3) is 0.118. The first kappa shape index (κ1) is 15.0. The third-order valence-corrected chi connectivity index (χ3v) is 4.03. The number of nitro groups is 1. The minimum atomic E-state index is -0.431. The molecule has 0 spiro atoms. The molecule has 0 saturated heterocycles. The summed E-state index contributed by atoms with van der Waals surface area (Å²) >= 11 is 0. The monoisotopic (exact) mass is 334 g/mol. The number of hydrogen-bond donors (Lipinski definition) is 0. The molecular weight excluding hydrogens is 320 g/mol. The molecule has 0 atom stereocenters. The van der Waals surface area contributed by atoms with E-state index in [1.165, 1.54) is 12.1 Å². The minimum absolute atomic E-state index is 0.0178. The topological polar surface area (TPSA) is 91.7 Å². The van der Waals surface area contributed by atoms with Crippen molar-refractivity contribution in [3.63, 3.8) is 0 Å². The summed E-state index contributed by atoms with van der Waals surface area (Å²) in [5, 5.41) is 15.3. The highest BCUT2D eigenvalue weighted by atomic mass is 16.6. The Bertz CT molecular complexity index is 1080. The van der Waals surface area contributed by atoms with E-state index in [1.807, 2.05) is 35.9 Å². The Morgan fingerprint density at radius 3 is 2.80 bits per heavy atom. The van der Waals surface area contributed by atoms with Crippen molar-refractivity contribution in [1.29, 1.82) is 0 Å². The normalized spacial score (nSPS) is 11.1. The van der Waals surface area contributed by atoms with E-state index < -0.39 is 4.92 Å². The average molecular weight is 334 g/mol. The molecule has 2 aromatic carbocycles. The molecular formula is C17H14N6O2. The molecule has 0 aliphatic carbocycles. The van der Waals surface area contributed by atoms with Crippen LogP contribution in [0.3, 0.4) is 0 Å². The van der Waals surface area contributed by atoms with Gasteiger partial charge in [-0.05, 0) is 12.1 Å². The van der Waals surface area contributed by atoms with Gasteiger partial charge in [0.15, 0.2) is 5.82 Å². The van der Waals surface area contributed by atoms with Crippen LogP contribution in [0.15, 0.2) is 54.9 Å². The van der Waals surface area contributed by atoms with Gasteiger partial charge in [-0.25, -0.2) is 14.6 Å². The van der Waals surface area contributed by atoms with Crippen molar-refractivity contribution in [3.8, 4) is 11.4 Å². The second kappa shape index (κ2) is 5.82. The van der Waals surface area contributed by atoms with Crippen molar-refractivity contribution in [3.05, 3.63) is 70.8 Å². The molecule has 0 radical (unpaired) electrons. The van der Waals surface area contributed by atoms with Crippen LogP contribution in [0.2, 0.25) is 0 Å². The van der Waals surface area contributed by atoms with Gasteiger partial charge in [-0.1, -0.05) is 24.3 Å². The van der Waals surface area contributed by atoms with E-state index in [1.54, 1.807) is 23.1 Å². The minimum Gasteiger partial charge on any atom is -0.330 e. The first-order chi connectivity index (χ1) is 12.1. The molecule has 0 fully saturated rings. The van der Waals surface area contributed by atoms with Gasteiger partial charge in [0, 0.05) is 24.7 Å². The van der Waals surface area contributed by atoms with E-state index in [4.69, 9.17) is 0 Å². The van der Waals surface area contributed by atoms with Crippen LogP contribution in [-0.2, 0) is 13.6 Å². The van der Waals surface area contributed by atoms with E-state index in [2.05, 4.69) is 15.1 Å². The van der Waals surface area contributed by atoms with Crippen LogP contribution in [0.5, 0.6) is 0 Å². The van der Waals surface area contributed by atoms with E-state index in [-0.39, 0.29) is 5.69 Å². The van der Waals surface area contributed by atoms with E-state index in [0.29, 0.717) is 17.9 Å². The standard InChI is InChI=1S/C17H14N6O2/c1-21-15-8-3-2-7-14(15)19-16(21)10-22-11-18-17(20-22)12-5-4-6-13(9-12)23(24)25/h2-9,11H,10H2,1H3. The molecule has 0 aliphatic heterocycles. The molecule has 4 aromatic rings. The zero-order valence-corrected chi connectivity index (χ0v) is 13.4. The molecule has 25 heavy (non-hydrogen) atoms. The zero-order chi connectivity index (χ0) is 17.4. The first-order valence-corrected chi connectivity index (χ1v) is 7.66. The quantitative estimate of drug-likeness (QED) is 0.423. The molecule has 8 heteroatoms. The molecule has 0 aliphatic rings. The summed E-state index contributed by atoms with van der Waals surface area (Å²) in [6, 6.07) is 14.2. The van der Waals surface area contributed by atoms with E-state index >= 15 is 0 Å². The van der Waals surface area contributed by atoms with Gasteiger partial charge in [-0.2, -0.15) is 5.10 Å². The highest BCUT2D eigenvalue weighted by Crippen LogP contribution is 2.21. The molecule has 0 saturated carbocycles. The van der Waals surface area contributed by atoms with Crippen LogP contribution in [0.1, 0.15) is 5.82 Å². The summed E-state index contributed by atoms with van der Waals surface area (Å²) in [4.78, 5) is 19.3. The summed E-state index contributed by atoms with van der Waals surface area (Å²) in [6.45, 7) is 0.465. The maximum Gasteiger partial charge on any atom is 0.270 e. The molecule has 124 valence electrons. The molecule has 2 aromatic heterocycles. The summed E-state index contributed by atoms with van der Waals surface area (Å²) in [6.07, 6.45) is 1.60. The Hall–Kier alpha value is -3.55. The second-order valence-corrected chi connectivity index (χ2v) is 5.65.